The second-order valence-electron chi connectivity index (χ2n) is 6.23. The van der Waals surface area contributed by atoms with E-state index < -0.39 is 0 Å². The fourth-order valence-electron chi connectivity index (χ4n) is 3.13. The average molecular weight is 364 g/mol. The third-order valence-corrected chi connectivity index (χ3v) is 5.46. The van der Waals surface area contributed by atoms with Crippen molar-refractivity contribution in [2.24, 2.45) is 10.1 Å². The number of fused-ring (bicyclic) bond motifs is 3. The molecule has 5 nitrogen and oxygen atoms in total. The monoisotopic (exact) mass is 364 g/mol. The molecule has 26 heavy (non-hydrogen) atoms. The van der Waals surface area contributed by atoms with Gasteiger partial charge in [0.15, 0.2) is 5.17 Å². The molecule has 2 heterocycles. The van der Waals surface area contributed by atoms with Crippen LogP contribution in [0.4, 0.5) is 11.4 Å². The number of aliphatic imine (C=N–C) groups is 1. The number of carbonyl (C=O) groups is 1. The van der Waals surface area contributed by atoms with Gasteiger partial charge in [-0.15, -0.1) is 0 Å². The highest BCUT2D eigenvalue weighted by atomic mass is 32.2. The molecule has 132 valence electrons. The van der Waals surface area contributed by atoms with Gasteiger partial charge in [-0.2, -0.15) is 5.10 Å². The van der Waals surface area contributed by atoms with Crippen molar-refractivity contribution in [2.75, 3.05) is 11.1 Å². The molecule has 2 aromatic rings. The second-order valence-corrected chi connectivity index (χ2v) is 7.18. The number of anilines is 1. The van der Waals surface area contributed by atoms with Crippen LogP contribution in [0, 0.1) is 0 Å². The number of aryl methyl sites for hydroxylation is 1. The molecule has 0 radical (unpaired) electrons. The van der Waals surface area contributed by atoms with Gasteiger partial charge in [-0.05, 0) is 30.2 Å². The first-order valence-electron chi connectivity index (χ1n) is 8.75. The normalized spacial score (nSPS) is 17.5. The van der Waals surface area contributed by atoms with Crippen molar-refractivity contribution in [3.05, 3.63) is 59.7 Å². The minimum absolute atomic E-state index is 0.0412. The van der Waals surface area contributed by atoms with Gasteiger partial charge in [0.05, 0.1) is 17.5 Å². The summed E-state index contributed by atoms with van der Waals surface area (Å²) in [6, 6.07) is 16.3. The largest absolute Gasteiger partial charge is 0.325 e. The van der Waals surface area contributed by atoms with Crippen LogP contribution in [0.15, 0.2) is 58.6 Å². The van der Waals surface area contributed by atoms with E-state index in [4.69, 9.17) is 4.99 Å². The van der Waals surface area contributed by atoms with Crippen molar-refractivity contribution in [2.45, 2.75) is 25.8 Å². The van der Waals surface area contributed by atoms with Gasteiger partial charge in [0, 0.05) is 23.9 Å². The smallest absolute Gasteiger partial charge is 0.234 e. The van der Waals surface area contributed by atoms with E-state index in [0.717, 1.165) is 29.4 Å². The number of hydrazone groups is 1. The van der Waals surface area contributed by atoms with Crippen molar-refractivity contribution >= 4 is 40.4 Å². The van der Waals surface area contributed by atoms with Gasteiger partial charge >= 0.3 is 0 Å². The van der Waals surface area contributed by atoms with Crippen LogP contribution in [0.5, 0.6) is 0 Å². The van der Waals surface area contributed by atoms with Gasteiger partial charge in [0.2, 0.25) is 5.91 Å². The second kappa shape index (κ2) is 7.33. The summed E-state index contributed by atoms with van der Waals surface area (Å²) < 4.78 is 0. The molecule has 2 aromatic carbocycles. The van der Waals surface area contributed by atoms with E-state index in [2.05, 4.69) is 23.4 Å². The molecule has 0 fully saturated rings. The summed E-state index contributed by atoms with van der Waals surface area (Å²) in [6.07, 6.45) is 3.77. The molecule has 0 bridgehead atoms. The topological polar surface area (TPSA) is 57.1 Å². The lowest BCUT2D eigenvalue weighted by atomic mass is 10.0. The summed E-state index contributed by atoms with van der Waals surface area (Å²) in [7, 11) is 0. The lowest BCUT2D eigenvalue weighted by Gasteiger charge is -2.29. The zero-order valence-electron chi connectivity index (χ0n) is 14.6. The Balaban J connectivity index is 1.42. The zero-order valence-corrected chi connectivity index (χ0v) is 15.4. The van der Waals surface area contributed by atoms with Crippen LogP contribution in [-0.2, 0) is 11.2 Å². The Bertz CT molecular complexity index is 876. The quantitative estimate of drug-likeness (QED) is 0.877. The minimum Gasteiger partial charge on any atom is -0.325 e. The molecule has 1 amide bonds. The van der Waals surface area contributed by atoms with Crippen molar-refractivity contribution in [1.29, 1.82) is 0 Å². The number of amidine groups is 1. The summed E-state index contributed by atoms with van der Waals surface area (Å²) in [5, 5.41) is 10.1. The van der Waals surface area contributed by atoms with Crippen LogP contribution < -0.4 is 5.32 Å². The van der Waals surface area contributed by atoms with E-state index >= 15 is 0 Å². The van der Waals surface area contributed by atoms with Gasteiger partial charge in [-0.25, -0.2) is 10.0 Å². The zero-order chi connectivity index (χ0) is 17.9. The summed E-state index contributed by atoms with van der Waals surface area (Å²) in [5.41, 5.74) is 4.23. The van der Waals surface area contributed by atoms with Crippen LogP contribution in [0.3, 0.4) is 0 Å². The first-order valence-corrected chi connectivity index (χ1v) is 9.74. The highest BCUT2D eigenvalue weighted by Crippen LogP contribution is 2.40. The molecule has 1 unspecified atom stereocenters. The highest BCUT2D eigenvalue weighted by molar-refractivity contribution is 8.14. The van der Waals surface area contributed by atoms with Gasteiger partial charge in [-0.3, -0.25) is 4.79 Å². The molecule has 6 heteroatoms. The number of hydrogen-bond acceptors (Lipinski definition) is 5. The fraction of sp³-hybridized carbons (Fsp3) is 0.250. The third-order valence-electron chi connectivity index (χ3n) is 4.52. The predicted octanol–water partition coefficient (Wildman–Crippen LogP) is 4.35. The maximum atomic E-state index is 12.3. The van der Waals surface area contributed by atoms with E-state index in [1.165, 1.54) is 22.9 Å². The Labute approximate surface area is 157 Å². The van der Waals surface area contributed by atoms with Gasteiger partial charge in [-0.1, -0.05) is 49.0 Å². The number of amides is 1. The molecular formula is C20H20N4OS. The SMILES string of the molecule is CCc1ccc(NC(=O)CSC2=Nc3ccccc3C3CC=NN23)cc1. The minimum atomic E-state index is -0.0412. The number of nitrogens with one attached hydrogen (secondary N) is 1. The van der Waals surface area contributed by atoms with Crippen LogP contribution in [0.2, 0.25) is 0 Å². The Morgan fingerprint density at radius 1 is 1.23 bits per heavy atom. The number of hydrogen-bond donors (Lipinski definition) is 1. The molecule has 0 aromatic heterocycles. The number of nitrogens with zero attached hydrogens (tertiary/aromatic N) is 3. The Hall–Kier alpha value is -2.60. The Kier molecular flexibility index (Phi) is 4.75. The number of carbonyl (C=O) groups excluding carboxylic acids is 1. The lowest BCUT2D eigenvalue weighted by Crippen LogP contribution is -2.29. The molecule has 0 saturated heterocycles. The van der Waals surface area contributed by atoms with E-state index in [1.54, 1.807) is 0 Å². The summed E-state index contributed by atoms with van der Waals surface area (Å²) >= 11 is 1.42. The molecule has 1 atom stereocenters. The maximum absolute atomic E-state index is 12.3. The van der Waals surface area contributed by atoms with Crippen LogP contribution in [-0.4, -0.2) is 28.1 Å². The number of benzene rings is 2. The van der Waals surface area contributed by atoms with E-state index in [-0.39, 0.29) is 11.9 Å². The van der Waals surface area contributed by atoms with Gasteiger partial charge in [0.25, 0.3) is 0 Å². The Morgan fingerprint density at radius 3 is 2.85 bits per heavy atom. The van der Waals surface area contributed by atoms with Crippen molar-refractivity contribution in [1.82, 2.24) is 5.01 Å². The van der Waals surface area contributed by atoms with Crippen LogP contribution in [0.1, 0.15) is 30.5 Å². The molecule has 1 N–H and O–H groups in total. The molecular weight excluding hydrogens is 344 g/mol. The Morgan fingerprint density at radius 2 is 2.04 bits per heavy atom. The van der Waals surface area contributed by atoms with Gasteiger partial charge in [0.1, 0.15) is 0 Å². The summed E-state index contributed by atoms with van der Waals surface area (Å²) in [5.74, 6) is 0.260. The maximum Gasteiger partial charge on any atom is 0.234 e. The number of thioether (sulfide) groups is 1. The first-order chi connectivity index (χ1) is 12.7. The molecule has 0 saturated carbocycles. The van der Waals surface area contributed by atoms with Crippen molar-refractivity contribution in [3.8, 4) is 0 Å². The van der Waals surface area contributed by atoms with E-state index in [0.29, 0.717) is 5.75 Å². The standard InChI is InChI=1S/C20H20N4OS/c1-2-14-7-9-15(10-8-14)22-19(25)13-26-20-23-17-6-4-3-5-16(17)18-11-12-21-24(18)20/h3-10,12,18H,2,11,13H2,1H3,(H,22,25). The van der Waals surface area contributed by atoms with Crippen LogP contribution in [0.25, 0.3) is 0 Å². The summed E-state index contributed by atoms with van der Waals surface area (Å²) in [6.45, 7) is 2.11. The average Bonchev–Trinajstić information content (AvgIpc) is 3.17. The van der Waals surface area contributed by atoms with E-state index in [9.17, 15) is 4.79 Å². The van der Waals surface area contributed by atoms with E-state index in [1.807, 2.05) is 53.7 Å². The molecule has 2 aliphatic rings. The highest BCUT2D eigenvalue weighted by Gasteiger charge is 2.32. The molecule has 4 rings (SSSR count). The molecule has 0 spiro atoms. The third kappa shape index (κ3) is 3.37. The first kappa shape index (κ1) is 16.8. The predicted molar refractivity (Wildman–Crippen MR) is 108 cm³/mol. The van der Waals surface area contributed by atoms with Gasteiger partial charge < -0.3 is 5.32 Å². The molecule has 0 aliphatic carbocycles. The molecule has 2 aliphatic heterocycles. The number of rotatable bonds is 4. The number of para-hydroxylation sites is 1. The van der Waals surface area contributed by atoms with Crippen molar-refractivity contribution < 1.29 is 4.79 Å². The fourth-order valence-corrected chi connectivity index (χ4v) is 3.93. The lowest BCUT2D eigenvalue weighted by molar-refractivity contribution is -0.113. The van der Waals surface area contributed by atoms with Crippen molar-refractivity contribution in [3.63, 3.8) is 0 Å². The van der Waals surface area contributed by atoms with Crippen LogP contribution >= 0.6 is 11.8 Å². The summed E-state index contributed by atoms with van der Waals surface area (Å²) in [4.78, 5) is 17.0.